The van der Waals surface area contributed by atoms with Gasteiger partial charge in [-0.2, -0.15) is 0 Å². The zero-order valence-corrected chi connectivity index (χ0v) is 13.1. The van der Waals surface area contributed by atoms with Gasteiger partial charge in [-0.1, -0.05) is 29.8 Å². The van der Waals surface area contributed by atoms with Crippen molar-refractivity contribution in [3.8, 4) is 11.5 Å². The third-order valence-corrected chi connectivity index (χ3v) is 4.25. The highest BCUT2D eigenvalue weighted by Gasteiger charge is 2.17. The molecule has 2 aromatic carbocycles. The Morgan fingerprint density at radius 3 is 2.48 bits per heavy atom. The summed E-state index contributed by atoms with van der Waals surface area (Å²) in [5.74, 6) is 1.60. The molecule has 0 amide bonds. The number of fused-ring (bicyclic) bond motifs is 1. The summed E-state index contributed by atoms with van der Waals surface area (Å²) in [6.07, 6.45) is 0.908. The van der Waals surface area contributed by atoms with Gasteiger partial charge in [0.05, 0.1) is 18.6 Å². The molecular formula is C18H19ClO2. The first-order chi connectivity index (χ1) is 10.1. The average Bonchev–Trinajstić information content (AvgIpc) is 2.71. The largest absolute Gasteiger partial charge is 0.490 e. The third-order valence-electron chi connectivity index (χ3n) is 3.76. The predicted octanol–water partition coefficient (Wildman–Crippen LogP) is 4.79. The predicted molar refractivity (Wildman–Crippen MR) is 85.7 cm³/mol. The Bertz CT molecular complexity index is 652. The normalized spacial score (nSPS) is 15.4. The van der Waals surface area contributed by atoms with Crippen LogP contribution in [-0.4, -0.2) is 13.2 Å². The molecule has 0 saturated carbocycles. The monoisotopic (exact) mass is 302 g/mol. The van der Waals surface area contributed by atoms with E-state index in [1.807, 2.05) is 18.2 Å². The van der Waals surface area contributed by atoms with Crippen LogP contribution in [0.5, 0.6) is 11.5 Å². The molecule has 2 aromatic rings. The van der Waals surface area contributed by atoms with E-state index in [4.69, 9.17) is 21.1 Å². The molecule has 3 rings (SSSR count). The number of rotatable bonds is 2. The van der Waals surface area contributed by atoms with E-state index in [0.29, 0.717) is 13.2 Å². The van der Waals surface area contributed by atoms with Crippen molar-refractivity contribution in [2.75, 3.05) is 13.2 Å². The van der Waals surface area contributed by atoms with Gasteiger partial charge in [0.15, 0.2) is 11.5 Å². The first-order valence-electron chi connectivity index (χ1n) is 7.26. The molecule has 21 heavy (non-hydrogen) atoms. The number of aryl methyl sites for hydroxylation is 2. The lowest BCUT2D eigenvalue weighted by Crippen LogP contribution is -1.99. The van der Waals surface area contributed by atoms with Gasteiger partial charge in [0.2, 0.25) is 0 Å². The molecule has 0 aromatic heterocycles. The first-order valence-corrected chi connectivity index (χ1v) is 7.69. The first kappa shape index (κ1) is 14.3. The molecule has 0 fully saturated rings. The van der Waals surface area contributed by atoms with E-state index in [1.165, 1.54) is 11.1 Å². The summed E-state index contributed by atoms with van der Waals surface area (Å²) in [6, 6.07) is 12.3. The van der Waals surface area contributed by atoms with Crippen LogP contribution in [0.2, 0.25) is 0 Å². The standard InChI is InChI=1S/C18H19ClO2/c1-12-4-6-15(13(2)10-12)18(19)14-5-7-16-17(11-14)21-9-3-8-20-16/h4-7,10-11,18H,3,8-9H2,1-2H3. The second-order valence-electron chi connectivity index (χ2n) is 5.48. The number of hydrogen-bond acceptors (Lipinski definition) is 2. The lowest BCUT2D eigenvalue weighted by Gasteiger charge is -2.16. The Balaban J connectivity index is 1.94. The highest BCUT2D eigenvalue weighted by Crippen LogP contribution is 2.37. The summed E-state index contributed by atoms with van der Waals surface area (Å²) >= 11 is 6.68. The number of benzene rings is 2. The second kappa shape index (κ2) is 5.98. The minimum absolute atomic E-state index is 0.178. The lowest BCUT2D eigenvalue weighted by atomic mass is 9.98. The highest BCUT2D eigenvalue weighted by molar-refractivity contribution is 6.22. The van der Waals surface area contributed by atoms with Gasteiger partial charge in [-0.15, -0.1) is 11.6 Å². The van der Waals surface area contributed by atoms with Crippen molar-refractivity contribution in [2.24, 2.45) is 0 Å². The van der Waals surface area contributed by atoms with Crippen LogP contribution in [0.3, 0.4) is 0 Å². The average molecular weight is 303 g/mol. The van der Waals surface area contributed by atoms with Crippen LogP contribution in [0.15, 0.2) is 36.4 Å². The van der Waals surface area contributed by atoms with Gasteiger partial charge >= 0.3 is 0 Å². The molecule has 1 aliphatic rings. The Kier molecular flexibility index (Phi) is 4.07. The molecule has 0 saturated heterocycles. The Hall–Kier alpha value is -1.67. The zero-order valence-electron chi connectivity index (χ0n) is 12.4. The van der Waals surface area contributed by atoms with E-state index in [1.54, 1.807) is 0 Å². The van der Waals surface area contributed by atoms with E-state index in [-0.39, 0.29) is 5.38 Å². The summed E-state index contributed by atoms with van der Waals surface area (Å²) in [4.78, 5) is 0. The number of ether oxygens (including phenoxy) is 2. The number of halogens is 1. The summed E-state index contributed by atoms with van der Waals surface area (Å²) in [7, 11) is 0. The Labute approximate surface area is 130 Å². The minimum atomic E-state index is -0.178. The number of alkyl halides is 1. The molecule has 2 nitrogen and oxygen atoms in total. The summed E-state index contributed by atoms with van der Waals surface area (Å²) < 4.78 is 11.4. The fourth-order valence-electron chi connectivity index (χ4n) is 2.63. The summed E-state index contributed by atoms with van der Waals surface area (Å²) in [6.45, 7) is 5.58. The molecule has 0 aliphatic carbocycles. The molecule has 0 N–H and O–H groups in total. The Morgan fingerprint density at radius 1 is 0.952 bits per heavy atom. The van der Waals surface area contributed by atoms with Gasteiger partial charge < -0.3 is 9.47 Å². The molecule has 110 valence electrons. The van der Waals surface area contributed by atoms with Crippen LogP contribution >= 0.6 is 11.6 Å². The zero-order chi connectivity index (χ0) is 14.8. The molecule has 0 radical (unpaired) electrons. The molecular weight excluding hydrogens is 284 g/mol. The van der Waals surface area contributed by atoms with Gasteiger partial charge in [-0.25, -0.2) is 0 Å². The third kappa shape index (κ3) is 3.01. The summed E-state index contributed by atoms with van der Waals surface area (Å²) in [5, 5.41) is -0.178. The van der Waals surface area contributed by atoms with E-state index < -0.39 is 0 Å². The molecule has 0 bridgehead atoms. The van der Waals surface area contributed by atoms with Crippen LogP contribution in [-0.2, 0) is 0 Å². The van der Waals surface area contributed by atoms with E-state index >= 15 is 0 Å². The van der Waals surface area contributed by atoms with Gasteiger partial charge in [-0.3, -0.25) is 0 Å². The van der Waals surface area contributed by atoms with Crippen LogP contribution < -0.4 is 9.47 Å². The van der Waals surface area contributed by atoms with Crippen molar-refractivity contribution >= 4 is 11.6 Å². The topological polar surface area (TPSA) is 18.5 Å². The van der Waals surface area contributed by atoms with E-state index in [0.717, 1.165) is 29.0 Å². The van der Waals surface area contributed by atoms with Gasteiger partial charge in [0.1, 0.15) is 0 Å². The van der Waals surface area contributed by atoms with Crippen LogP contribution in [0.4, 0.5) is 0 Å². The van der Waals surface area contributed by atoms with Gasteiger partial charge in [0, 0.05) is 6.42 Å². The van der Waals surface area contributed by atoms with Gasteiger partial charge in [-0.05, 0) is 42.7 Å². The highest BCUT2D eigenvalue weighted by atomic mass is 35.5. The maximum absolute atomic E-state index is 6.68. The smallest absolute Gasteiger partial charge is 0.161 e. The van der Waals surface area contributed by atoms with Crippen molar-refractivity contribution in [1.82, 2.24) is 0 Å². The molecule has 3 heteroatoms. The fraction of sp³-hybridized carbons (Fsp3) is 0.333. The van der Waals surface area contributed by atoms with Gasteiger partial charge in [0.25, 0.3) is 0 Å². The maximum Gasteiger partial charge on any atom is 0.161 e. The van der Waals surface area contributed by atoms with Crippen LogP contribution in [0.25, 0.3) is 0 Å². The number of hydrogen-bond donors (Lipinski definition) is 0. The van der Waals surface area contributed by atoms with Crippen LogP contribution in [0.1, 0.15) is 34.1 Å². The van der Waals surface area contributed by atoms with Crippen LogP contribution in [0, 0.1) is 13.8 Å². The Morgan fingerprint density at radius 2 is 1.71 bits per heavy atom. The van der Waals surface area contributed by atoms with E-state index in [2.05, 4.69) is 32.0 Å². The molecule has 1 unspecified atom stereocenters. The maximum atomic E-state index is 6.68. The molecule has 1 atom stereocenters. The molecule has 0 spiro atoms. The van der Waals surface area contributed by atoms with Crippen molar-refractivity contribution in [1.29, 1.82) is 0 Å². The fourth-order valence-corrected chi connectivity index (χ4v) is 3.01. The van der Waals surface area contributed by atoms with E-state index in [9.17, 15) is 0 Å². The lowest BCUT2D eigenvalue weighted by molar-refractivity contribution is 0.297. The molecule has 1 aliphatic heterocycles. The van der Waals surface area contributed by atoms with Crippen molar-refractivity contribution in [2.45, 2.75) is 25.6 Å². The second-order valence-corrected chi connectivity index (χ2v) is 5.92. The quantitative estimate of drug-likeness (QED) is 0.742. The minimum Gasteiger partial charge on any atom is -0.490 e. The van der Waals surface area contributed by atoms with Crippen molar-refractivity contribution in [3.63, 3.8) is 0 Å². The summed E-state index contributed by atoms with van der Waals surface area (Å²) in [5.41, 5.74) is 4.63. The van der Waals surface area contributed by atoms with Crippen molar-refractivity contribution < 1.29 is 9.47 Å². The molecule has 1 heterocycles. The SMILES string of the molecule is Cc1ccc(C(Cl)c2ccc3c(c2)OCCCO3)c(C)c1. The van der Waals surface area contributed by atoms with Crippen molar-refractivity contribution in [3.05, 3.63) is 58.7 Å².